The minimum Gasteiger partial charge on any atom is -0.309 e. The van der Waals surface area contributed by atoms with E-state index in [0.29, 0.717) is 0 Å². The van der Waals surface area contributed by atoms with Crippen molar-refractivity contribution in [3.05, 3.63) is 164 Å². The van der Waals surface area contributed by atoms with Crippen molar-refractivity contribution >= 4 is 64.2 Å². The minimum atomic E-state index is 0.746. The molecule has 0 amide bonds. The Morgan fingerprint density at radius 2 is 1.06 bits per heavy atom. The number of rotatable bonds is 4. The summed E-state index contributed by atoms with van der Waals surface area (Å²) in [6.45, 7) is 0. The lowest BCUT2D eigenvalue weighted by atomic mass is 10.0. The Morgan fingerprint density at radius 3 is 1.90 bits per heavy atom. The largest absolute Gasteiger partial charge is 0.309 e. The quantitative estimate of drug-likeness (QED) is 0.194. The summed E-state index contributed by atoms with van der Waals surface area (Å²) in [6, 6.07) is 58.1. The average Bonchev–Trinajstić information content (AvgIpc) is 3.71. The first-order chi connectivity index (χ1) is 23.8. The van der Waals surface area contributed by atoms with Gasteiger partial charge >= 0.3 is 0 Å². The van der Waals surface area contributed by atoms with E-state index < -0.39 is 0 Å². The first kappa shape index (κ1) is 27.1. The molecule has 0 radical (unpaired) electrons. The molecular weight excluding hydrogens is 603 g/mol. The Hall–Kier alpha value is -6.10. The molecule has 0 saturated carbocycles. The van der Waals surface area contributed by atoms with Crippen LogP contribution in [-0.4, -0.2) is 14.5 Å². The first-order valence-electron chi connectivity index (χ1n) is 16.2. The van der Waals surface area contributed by atoms with Crippen LogP contribution in [0.25, 0.3) is 92.3 Å². The van der Waals surface area contributed by atoms with Gasteiger partial charge in [-0.05, 0) is 47.5 Å². The van der Waals surface area contributed by atoms with E-state index in [0.717, 1.165) is 33.5 Å². The molecule has 0 aliphatic carbocycles. The number of hydrogen-bond donors (Lipinski definition) is 0. The zero-order valence-corrected chi connectivity index (χ0v) is 26.7. The van der Waals surface area contributed by atoms with Crippen LogP contribution < -0.4 is 0 Å². The molecule has 3 heterocycles. The summed E-state index contributed by atoms with van der Waals surface area (Å²) in [5.74, 6) is 0.746. The van der Waals surface area contributed by atoms with Gasteiger partial charge in [-0.25, -0.2) is 9.97 Å². The first-order valence-corrected chi connectivity index (χ1v) is 17.0. The molecular formula is C44H27N3S. The van der Waals surface area contributed by atoms with Crippen molar-refractivity contribution in [2.45, 2.75) is 0 Å². The third kappa shape index (κ3) is 4.13. The van der Waals surface area contributed by atoms with E-state index >= 15 is 0 Å². The lowest BCUT2D eigenvalue weighted by Crippen LogP contribution is -1.95. The van der Waals surface area contributed by atoms with Gasteiger partial charge in [0.2, 0.25) is 0 Å². The van der Waals surface area contributed by atoms with Crippen molar-refractivity contribution in [1.29, 1.82) is 0 Å². The van der Waals surface area contributed by atoms with Crippen LogP contribution in [0.4, 0.5) is 0 Å². The Bertz CT molecular complexity index is 2810. The fraction of sp³-hybridized carbons (Fsp3) is 0. The lowest BCUT2D eigenvalue weighted by molar-refractivity contribution is 1.18. The standard InChI is InChI=1S/C44H27N3S/c1-3-12-28(13-4-1)29-22-24-30(25-23-29)41-34-16-7-9-20-37(34)45-44(46-41)36-19-11-18-32-33-26-27-39-40(43(33)48-42(32)36)35-17-8-10-21-38(35)47(39)31-14-5-2-6-15-31/h1-27H. The summed E-state index contributed by atoms with van der Waals surface area (Å²) in [5.41, 5.74) is 10.0. The maximum atomic E-state index is 5.31. The van der Waals surface area contributed by atoms with Crippen molar-refractivity contribution in [2.75, 3.05) is 0 Å². The molecule has 48 heavy (non-hydrogen) atoms. The molecule has 0 spiro atoms. The van der Waals surface area contributed by atoms with Crippen molar-refractivity contribution < 1.29 is 0 Å². The van der Waals surface area contributed by atoms with E-state index in [9.17, 15) is 0 Å². The normalized spacial score (nSPS) is 11.8. The molecule has 0 bridgehead atoms. The van der Waals surface area contributed by atoms with Gasteiger partial charge in [-0.2, -0.15) is 0 Å². The van der Waals surface area contributed by atoms with Crippen molar-refractivity contribution in [3.63, 3.8) is 0 Å². The SMILES string of the molecule is c1ccc(-c2ccc(-c3nc(-c4cccc5c4sc4c5ccc5c4c4ccccc4n5-c4ccccc4)nc4ccccc34)cc2)cc1. The van der Waals surface area contributed by atoms with Crippen LogP contribution in [0.5, 0.6) is 0 Å². The number of aromatic nitrogens is 3. The fourth-order valence-electron chi connectivity index (χ4n) is 7.21. The van der Waals surface area contributed by atoms with Gasteiger partial charge in [0.05, 0.1) is 22.2 Å². The zero-order valence-electron chi connectivity index (χ0n) is 25.8. The van der Waals surface area contributed by atoms with Crippen molar-refractivity contribution in [1.82, 2.24) is 14.5 Å². The summed E-state index contributed by atoms with van der Waals surface area (Å²) in [6.07, 6.45) is 0. The molecule has 0 unspecified atom stereocenters. The predicted octanol–water partition coefficient (Wildman–Crippen LogP) is 12.1. The Morgan fingerprint density at radius 1 is 0.417 bits per heavy atom. The molecule has 0 aliphatic rings. The monoisotopic (exact) mass is 629 g/mol. The number of para-hydroxylation sites is 3. The van der Waals surface area contributed by atoms with E-state index in [1.807, 2.05) is 11.3 Å². The second-order valence-corrected chi connectivity index (χ2v) is 13.2. The highest BCUT2D eigenvalue weighted by atomic mass is 32.1. The van der Waals surface area contributed by atoms with Crippen LogP contribution in [0.2, 0.25) is 0 Å². The van der Waals surface area contributed by atoms with Crippen LogP contribution in [0.1, 0.15) is 0 Å². The molecule has 0 N–H and O–H groups in total. The van der Waals surface area contributed by atoms with Crippen LogP contribution in [0.15, 0.2) is 164 Å². The number of fused-ring (bicyclic) bond motifs is 8. The number of hydrogen-bond acceptors (Lipinski definition) is 3. The van der Waals surface area contributed by atoms with Gasteiger partial charge < -0.3 is 4.57 Å². The minimum absolute atomic E-state index is 0.746. The summed E-state index contributed by atoms with van der Waals surface area (Å²) < 4.78 is 4.88. The van der Waals surface area contributed by atoms with Gasteiger partial charge in [0.1, 0.15) is 0 Å². The van der Waals surface area contributed by atoms with E-state index in [4.69, 9.17) is 9.97 Å². The van der Waals surface area contributed by atoms with Gasteiger partial charge in [0.15, 0.2) is 5.82 Å². The molecule has 0 aliphatic heterocycles. The molecule has 10 aromatic rings. The Kier molecular flexibility index (Phi) is 6.05. The molecule has 0 atom stereocenters. The molecule has 10 rings (SSSR count). The van der Waals surface area contributed by atoms with Gasteiger partial charge in [-0.1, -0.05) is 127 Å². The molecule has 0 fully saturated rings. The number of benzene rings is 7. The zero-order chi connectivity index (χ0) is 31.6. The van der Waals surface area contributed by atoms with Gasteiger partial charge in [-0.3, -0.25) is 0 Å². The van der Waals surface area contributed by atoms with Crippen molar-refractivity contribution in [3.8, 4) is 39.5 Å². The molecule has 4 heteroatoms. The maximum absolute atomic E-state index is 5.31. The summed E-state index contributed by atoms with van der Waals surface area (Å²) in [5, 5.41) is 6.10. The highest BCUT2D eigenvalue weighted by molar-refractivity contribution is 7.27. The van der Waals surface area contributed by atoms with Crippen molar-refractivity contribution in [2.24, 2.45) is 0 Å². The maximum Gasteiger partial charge on any atom is 0.161 e. The van der Waals surface area contributed by atoms with Crippen LogP contribution in [0, 0.1) is 0 Å². The Labute approximate surface area is 281 Å². The van der Waals surface area contributed by atoms with E-state index in [2.05, 4.69) is 168 Å². The fourth-order valence-corrected chi connectivity index (χ4v) is 8.57. The van der Waals surface area contributed by atoms with E-state index in [1.54, 1.807) is 0 Å². The third-order valence-electron chi connectivity index (χ3n) is 9.42. The van der Waals surface area contributed by atoms with Gasteiger partial charge in [0.25, 0.3) is 0 Å². The Balaban J connectivity index is 1.20. The van der Waals surface area contributed by atoms with Crippen LogP contribution >= 0.6 is 11.3 Å². The lowest BCUT2D eigenvalue weighted by Gasteiger charge is -2.11. The third-order valence-corrected chi connectivity index (χ3v) is 10.7. The number of nitrogens with zero attached hydrogens (tertiary/aromatic N) is 3. The summed E-state index contributed by atoms with van der Waals surface area (Å²) in [4.78, 5) is 10.5. The second-order valence-electron chi connectivity index (χ2n) is 12.2. The van der Waals surface area contributed by atoms with E-state index in [-0.39, 0.29) is 0 Å². The molecule has 3 nitrogen and oxygen atoms in total. The van der Waals surface area contributed by atoms with Crippen LogP contribution in [0.3, 0.4) is 0 Å². The highest BCUT2D eigenvalue weighted by Gasteiger charge is 2.20. The molecule has 224 valence electrons. The average molecular weight is 630 g/mol. The van der Waals surface area contributed by atoms with Gasteiger partial charge in [0, 0.05) is 53.1 Å². The predicted molar refractivity (Wildman–Crippen MR) is 203 cm³/mol. The topological polar surface area (TPSA) is 30.7 Å². The highest BCUT2D eigenvalue weighted by Crippen LogP contribution is 2.46. The molecule has 3 aromatic heterocycles. The summed E-state index contributed by atoms with van der Waals surface area (Å²) >= 11 is 1.85. The molecule has 7 aromatic carbocycles. The second kappa shape index (κ2) is 10.7. The summed E-state index contributed by atoms with van der Waals surface area (Å²) in [7, 11) is 0. The van der Waals surface area contributed by atoms with Crippen LogP contribution in [-0.2, 0) is 0 Å². The van der Waals surface area contributed by atoms with E-state index in [1.165, 1.54) is 58.8 Å². The van der Waals surface area contributed by atoms with Gasteiger partial charge in [-0.15, -0.1) is 11.3 Å². The molecule has 0 saturated heterocycles. The smallest absolute Gasteiger partial charge is 0.161 e. The number of thiophene rings is 1.